The highest BCUT2D eigenvalue weighted by Gasteiger charge is 2.07. The van der Waals surface area contributed by atoms with Crippen LogP contribution in [0.1, 0.15) is 17.0 Å². The average molecular weight is 278 g/mol. The molecule has 1 heterocycles. The van der Waals surface area contributed by atoms with Crippen molar-refractivity contribution in [2.24, 2.45) is 10.7 Å². The minimum Gasteiger partial charge on any atom is -0.406 e. The summed E-state index contributed by atoms with van der Waals surface area (Å²) in [5.41, 5.74) is 7.84. The van der Waals surface area contributed by atoms with Gasteiger partial charge in [0.25, 0.3) is 0 Å². The average Bonchev–Trinajstić information content (AvgIpc) is 2.96. The second-order valence-electron chi connectivity index (χ2n) is 4.50. The maximum Gasteiger partial charge on any atom is 0.344 e. The molecule has 0 radical (unpaired) electrons. The van der Waals surface area contributed by atoms with Crippen LogP contribution in [0, 0.1) is 0 Å². The van der Waals surface area contributed by atoms with Crippen LogP contribution >= 0.6 is 0 Å². The summed E-state index contributed by atoms with van der Waals surface area (Å²) in [6, 6.07) is 19.5. The molecule has 3 rings (SSSR count). The van der Waals surface area contributed by atoms with Crippen molar-refractivity contribution in [3.8, 4) is 0 Å². The number of hydrogen-bond acceptors (Lipinski definition) is 4. The van der Waals surface area contributed by atoms with Crippen LogP contribution in [0.15, 0.2) is 70.1 Å². The normalized spacial score (nSPS) is 11.5. The van der Waals surface area contributed by atoms with Crippen LogP contribution in [0.5, 0.6) is 0 Å². The Balaban J connectivity index is 1.76. The van der Waals surface area contributed by atoms with Crippen molar-refractivity contribution in [1.29, 1.82) is 0 Å². The van der Waals surface area contributed by atoms with Gasteiger partial charge >= 0.3 is 6.01 Å². The molecule has 3 aromatic rings. The molecular weight excluding hydrogens is 264 g/mol. The lowest BCUT2D eigenvalue weighted by Crippen LogP contribution is -2.12. The predicted molar refractivity (Wildman–Crippen MR) is 80.4 cm³/mol. The van der Waals surface area contributed by atoms with Gasteiger partial charge in [0.1, 0.15) is 5.84 Å². The van der Waals surface area contributed by atoms with E-state index in [1.807, 2.05) is 60.7 Å². The smallest absolute Gasteiger partial charge is 0.344 e. The molecule has 0 aliphatic carbocycles. The molecule has 104 valence electrons. The molecule has 0 unspecified atom stereocenters. The quantitative estimate of drug-likeness (QED) is 0.588. The van der Waals surface area contributed by atoms with Crippen molar-refractivity contribution >= 4 is 11.9 Å². The van der Waals surface area contributed by atoms with Crippen molar-refractivity contribution in [2.45, 2.75) is 6.42 Å². The Morgan fingerprint density at radius 2 is 1.62 bits per heavy atom. The Kier molecular flexibility index (Phi) is 3.73. The molecule has 1 aromatic heterocycles. The molecule has 0 saturated heterocycles. The lowest BCUT2D eigenvalue weighted by molar-refractivity contribution is 0.515. The van der Waals surface area contributed by atoms with Crippen molar-refractivity contribution in [1.82, 2.24) is 10.2 Å². The largest absolute Gasteiger partial charge is 0.406 e. The number of benzene rings is 2. The van der Waals surface area contributed by atoms with Crippen LogP contribution in [-0.4, -0.2) is 16.0 Å². The Morgan fingerprint density at radius 3 is 2.33 bits per heavy atom. The molecule has 0 atom stereocenters. The van der Waals surface area contributed by atoms with Crippen molar-refractivity contribution in [3.05, 3.63) is 77.7 Å². The van der Waals surface area contributed by atoms with Crippen molar-refractivity contribution in [2.75, 3.05) is 0 Å². The molecule has 5 nitrogen and oxygen atoms in total. The third kappa shape index (κ3) is 3.33. The molecule has 0 fully saturated rings. The number of aromatic nitrogens is 2. The third-order valence-electron chi connectivity index (χ3n) is 2.94. The summed E-state index contributed by atoms with van der Waals surface area (Å²) >= 11 is 0. The molecule has 0 spiro atoms. The van der Waals surface area contributed by atoms with Gasteiger partial charge in [-0.15, -0.1) is 5.10 Å². The first-order valence-electron chi connectivity index (χ1n) is 6.57. The molecule has 2 aromatic carbocycles. The fourth-order valence-corrected chi connectivity index (χ4v) is 1.91. The van der Waals surface area contributed by atoms with E-state index in [2.05, 4.69) is 15.2 Å². The van der Waals surface area contributed by atoms with Crippen LogP contribution in [0.2, 0.25) is 0 Å². The maximum absolute atomic E-state index is 5.91. The standard InChI is InChI=1S/C16H14N4O/c17-15(13-9-5-2-6-10-13)18-16-20-19-14(21-16)11-12-7-3-1-4-8-12/h1-10H,11H2,(H2,17,18,20). The molecular formula is C16H14N4O. The van der Waals surface area contributed by atoms with E-state index in [9.17, 15) is 0 Å². The van der Waals surface area contributed by atoms with Crippen molar-refractivity contribution < 1.29 is 4.42 Å². The Labute approximate surface area is 122 Å². The summed E-state index contributed by atoms with van der Waals surface area (Å²) in [5.74, 6) is 0.867. The van der Waals surface area contributed by atoms with Crippen LogP contribution in [0.25, 0.3) is 0 Å². The number of aliphatic imine (C=N–C) groups is 1. The second kappa shape index (κ2) is 6.00. The van der Waals surface area contributed by atoms with Crippen LogP contribution in [-0.2, 0) is 6.42 Å². The van der Waals surface area contributed by atoms with E-state index in [4.69, 9.17) is 10.2 Å². The summed E-state index contributed by atoms with van der Waals surface area (Å²) < 4.78 is 5.49. The van der Waals surface area contributed by atoms with Gasteiger partial charge in [-0.05, 0) is 5.56 Å². The van der Waals surface area contributed by atoms with E-state index in [-0.39, 0.29) is 6.01 Å². The summed E-state index contributed by atoms with van der Waals surface area (Å²) in [6.07, 6.45) is 0.578. The SMILES string of the molecule is N/C(=N\c1nnc(Cc2ccccc2)o1)c1ccccc1. The third-order valence-corrected chi connectivity index (χ3v) is 2.94. The molecule has 0 saturated carbocycles. The first-order valence-corrected chi connectivity index (χ1v) is 6.57. The summed E-state index contributed by atoms with van der Waals surface area (Å²) in [6.45, 7) is 0. The maximum atomic E-state index is 5.91. The van der Waals surface area contributed by atoms with Gasteiger partial charge in [0, 0.05) is 5.56 Å². The van der Waals surface area contributed by atoms with Gasteiger partial charge in [-0.2, -0.15) is 4.99 Å². The zero-order valence-electron chi connectivity index (χ0n) is 11.3. The Bertz CT molecular complexity index is 735. The van der Waals surface area contributed by atoms with E-state index in [0.717, 1.165) is 11.1 Å². The van der Waals surface area contributed by atoms with Gasteiger partial charge in [0.15, 0.2) is 0 Å². The van der Waals surface area contributed by atoms with Gasteiger partial charge in [0.2, 0.25) is 5.89 Å². The summed E-state index contributed by atoms with van der Waals surface area (Å²) in [5, 5.41) is 7.87. The zero-order valence-corrected chi connectivity index (χ0v) is 11.3. The fraction of sp³-hybridized carbons (Fsp3) is 0.0625. The highest BCUT2D eigenvalue weighted by molar-refractivity contribution is 5.98. The number of nitrogens with two attached hydrogens (primary N) is 1. The topological polar surface area (TPSA) is 77.3 Å². The van der Waals surface area contributed by atoms with Crippen LogP contribution in [0.4, 0.5) is 6.01 Å². The predicted octanol–water partition coefficient (Wildman–Crippen LogP) is 2.70. The number of nitrogens with zero attached hydrogens (tertiary/aromatic N) is 3. The minimum absolute atomic E-state index is 0.169. The highest BCUT2D eigenvalue weighted by Crippen LogP contribution is 2.14. The van der Waals surface area contributed by atoms with Gasteiger partial charge < -0.3 is 10.2 Å². The van der Waals surface area contributed by atoms with Crippen LogP contribution < -0.4 is 5.73 Å². The molecule has 0 amide bonds. The minimum atomic E-state index is 0.169. The van der Waals surface area contributed by atoms with E-state index in [1.54, 1.807) is 0 Å². The van der Waals surface area contributed by atoms with E-state index < -0.39 is 0 Å². The molecule has 0 aliphatic heterocycles. The monoisotopic (exact) mass is 278 g/mol. The zero-order chi connectivity index (χ0) is 14.5. The molecule has 0 aliphatic rings. The summed E-state index contributed by atoms with van der Waals surface area (Å²) in [7, 11) is 0. The number of hydrogen-bond donors (Lipinski definition) is 1. The van der Waals surface area contributed by atoms with Gasteiger partial charge in [-0.25, -0.2) is 0 Å². The van der Waals surface area contributed by atoms with Crippen molar-refractivity contribution in [3.63, 3.8) is 0 Å². The lowest BCUT2D eigenvalue weighted by atomic mass is 10.2. The Morgan fingerprint density at radius 1 is 0.952 bits per heavy atom. The molecule has 0 bridgehead atoms. The number of rotatable bonds is 4. The fourth-order valence-electron chi connectivity index (χ4n) is 1.91. The van der Waals surface area contributed by atoms with Gasteiger partial charge in [-0.1, -0.05) is 65.8 Å². The number of amidine groups is 1. The molecule has 5 heteroatoms. The van der Waals surface area contributed by atoms with Gasteiger partial charge in [0.05, 0.1) is 6.42 Å². The van der Waals surface area contributed by atoms with E-state index in [1.165, 1.54) is 0 Å². The second-order valence-corrected chi connectivity index (χ2v) is 4.50. The van der Waals surface area contributed by atoms with E-state index in [0.29, 0.717) is 18.1 Å². The van der Waals surface area contributed by atoms with Crippen LogP contribution in [0.3, 0.4) is 0 Å². The molecule has 21 heavy (non-hydrogen) atoms. The first kappa shape index (κ1) is 13.1. The highest BCUT2D eigenvalue weighted by atomic mass is 16.4. The lowest BCUT2D eigenvalue weighted by Gasteiger charge is -1.97. The van der Waals surface area contributed by atoms with Gasteiger partial charge in [-0.3, -0.25) is 0 Å². The molecule has 2 N–H and O–H groups in total. The van der Waals surface area contributed by atoms with E-state index >= 15 is 0 Å². The Hall–Kier alpha value is -2.95. The summed E-state index contributed by atoms with van der Waals surface area (Å²) in [4.78, 5) is 4.15. The first-order chi connectivity index (χ1) is 10.3.